The van der Waals surface area contributed by atoms with Crippen molar-refractivity contribution in [2.24, 2.45) is 5.73 Å². The maximum Gasteiger partial charge on any atom is 0.247 e. The summed E-state index contributed by atoms with van der Waals surface area (Å²) in [5.74, 6) is -1.74. The van der Waals surface area contributed by atoms with Gasteiger partial charge in [-0.25, -0.2) is 9.37 Å². The largest absolute Gasteiger partial charge is 0.368 e. The number of aromatic nitrogens is 1. The quantitative estimate of drug-likeness (QED) is 0.758. The molecule has 0 bridgehead atoms. The Morgan fingerprint density at radius 3 is 2.76 bits per heavy atom. The molecule has 0 aliphatic carbocycles. The molecule has 152 valence electrons. The summed E-state index contributed by atoms with van der Waals surface area (Å²) in [7, 11) is 0. The number of para-hydroxylation sites is 1. The highest BCUT2D eigenvalue weighted by molar-refractivity contribution is 7.14. The number of nitrogens with zero attached hydrogens (tertiary/aromatic N) is 3. The van der Waals surface area contributed by atoms with Crippen LogP contribution >= 0.6 is 11.3 Å². The van der Waals surface area contributed by atoms with Crippen LogP contribution in [0.3, 0.4) is 0 Å². The fourth-order valence-electron chi connectivity index (χ4n) is 3.24. The number of benzene rings is 1. The molecule has 29 heavy (non-hydrogen) atoms. The van der Waals surface area contributed by atoms with Gasteiger partial charge in [0.25, 0.3) is 0 Å². The van der Waals surface area contributed by atoms with Gasteiger partial charge in [0, 0.05) is 24.9 Å². The normalized spacial score (nSPS) is 16.8. The van der Waals surface area contributed by atoms with E-state index in [2.05, 4.69) is 4.98 Å². The molecule has 1 aliphatic heterocycles. The summed E-state index contributed by atoms with van der Waals surface area (Å²) in [5.41, 5.74) is 5.96. The number of carbonyl (C=O) groups excluding carboxylic acids is 3. The average Bonchev–Trinajstić information content (AvgIpc) is 3.16. The minimum Gasteiger partial charge on any atom is -0.368 e. The van der Waals surface area contributed by atoms with Crippen molar-refractivity contribution in [2.75, 3.05) is 11.4 Å². The van der Waals surface area contributed by atoms with Gasteiger partial charge in [-0.15, -0.1) is 11.3 Å². The molecule has 1 aromatic heterocycles. The smallest absolute Gasteiger partial charge is 0.247 e. The topological polar surface area (TPSA) is 96.6 Å². The van der Waals surface area contributed by atoms with Crippen LogP contribution in [0.4, 0.5) is 15.2 Å². The summed E-state index contributed by atoms with van der Waals surface area (Å²) in [6, 6.07) is 5.35. The second-order valence-electron chi connectivity index (χ2n) is 6.64. The standard InChI is InChI=1S/C20H21FN4O3S/c1-13(26)25(16-7-3-2-6-15(16)21)20-23-14(12-29-20)9-10-18(27)24-11-5-4-8-17(24)19(22)28/h2-3,6-7,9-10,12,17H,4-5,8,11H2,1H3,(H2,22,28). The van der Waals surface area contributed by atoms with Gasteiger partial charge in [-0.05, 0) is 37.5 Å². The number of carbonyl (C=O) groups is 3. The van der Waals surface area contributed by atoms with Crippen LogP contribution in [-0.2, 0) is 14.4 Å². The zero-order valence-electron chi connectivity index (χ0n) is 15.9. The van der Waals surface area contributed by atoms with Crippen molar-refractivity contribution in [3.05, 3.63) is 47.2 Å². The van der Waals surface area contributed by atoms with E-state index < -0.39 is 17.8 Å². The van der Waals surface area contributed by atoms with Crippen LogP contribution < -0.4 is 10.6 Å². The van der Waals surface area contributed by atoms with Crippen molar-refractivity contribution in [2.45, 2.75) is 32.2 Å². The highest BCUT2D eigenvalue weighted by Gasteiger charge is 2.29. The van der Waals surface area contributed by atoms with Gasteiger partial charge in [0.1, 0.15) is 11.9 Å². The number of halogens is 1. The summed E-state index contributed by atoms with van der Waals surface area (Å²) in [6.45, 7) is 1.80. The predicted molar refractivity (Wildman–Crippen MR) is 109 cm³/mol. The Bertz CT molecular complexity index is 959. The third kappa shape index (κ3) is 4.68. The lowest BCUT2D eigenvalue weighted by atomic mass is 10.0. The lowest BCUT2D eigenvalue weighted by Crippen LogP contribution is -2.49. The first kappa shape index (κ1) is 20.7. The number of amides is 3. The van der Waals surface area contributed by atoms with Crippen LogP contribution in [0.25, 0.3) is 6.08 Å². The lowest BCUT2D eigenvalue weighted by molar-refractivity contribution is -0.137. The Morgan fingerprint density at radius 2 is 2.07 bits per heavy atom. The third-order valence-electron chi connectivity index (χ3n) is 4.62. The van der Waals surface area contributed by atoms with E-state index in [4.69, 9.17) is 5.73 Å². The number of hydrogen-bond donors (Lipinski definition) is 1. The number of piperidine rings is 1. The zero-order valence-corrected chi connectivity index (χ0v) is 16.7. The van der Waals surface area contributed by atoms with Crippen LogP contribution in [0, 0.1) is 5.82 Å². The molecule has 2 aromatic rings. The minimum absolute atomic E-state index is 0.110. The van der Waals surface area contributed by atoms with Gasteiger partial charge in [-0.3, -0.25) is 19.3 Å². The number of thiazole rings is 1. The monoisotopic (exact) mass is 416 g/mol. The third-order valence-corrected chi connectivity index (χ3v) is 5.46. The molecule has 2 heterocycles. The molecule has 1 atom stereocenters. The van der Waals surface area contributed by atoms with Crippen molar-refractivity contribution in [1.82, 2.24) is 9.88 Å². The van der Waals surface area contributed by atoms with Gasteiger partial charge in [-0.2, -0.15) is 0 Å². The SMILES string of the molecule is CC(=O)N(c1nc(C=CC(=O)N2CCCCC2C(N)=O)cs1)c1ccccc1F. The van der Waals surface area contributed by atoms with E-state index in [1.165, 1.54) is 41.0 Å². The Kier molecular flexibility index (Phi) is 6.38. The van der Waals surface area contributed by atoms with Gasteiger partial charge >= 0.3 is 0 Å². The first-order valence-corrected chi connectivity index (χ1v) is 10.0. The fourth-order valence-corrected chi connectivity index (χ4v) is 4.09. The number of nitrogens with two attached hydrogens (primary N) is 1. The van der Waals surface area contributed by atoms with E-state index in [1.807, 2.05) is 0 Å². The van der Waals surface area contributed by atoms with Crippen molar-refractivity contribution in [3.8, 4) is 0 Å². The molecule has 1 fully saturated rings. The molecule has 0 spiro atoms. The van der Waals surface area contributed by atoms with Crippen molar-refractivity contribution >= 4 is 46.0 Å². The van der Waals surface area contributed by atoms with Gasteiger partial charge < -0.3 is 10.6 Å². The molecule has 1 unspecified atom stereocenters. The Balaban J connectivity index is 1.78. The van der Waals surface area contributed by atoms with Crippen LogP contribution in [0.1, 0.15) is 31.9 Å². The predicted octanol–water partition coefficient (Wildman–Crippen LogP) is 2.85. The number of hydrogen-bond acceptors (Lipinski definition) is 5. The van der Waals surface area contributed by atoms with Crippen molar-refractivity contribution < 1.29 is 18.8 Å². The van der Waals surface area contributed by atoms with Crippen LogP contribution in [0.15, 0.2) is 35.7 Å². The zero-order chi connectivity index (χ0) is 21.0. The molecule has 1 saturated heterocycles. The second-order valence-corrected chi connectivity index (χ2v) is 7.48. The van der Waals surface area contributed by atoms with E-state index in [0.717, 1.165) is 24.2 Å². The molecule has 0 radical (unpaired) electrons. The van der Waals surface area contributed by atoms with Gasteiger partial charge in [0.2, 0.25) is 17.7 Å². The molecular weight excluding hydrogens is 395 g/mol. The number of anilines is 2. The first-order chi connectivity index (χ1) is 13.9. The highest BCUT2D eigenvalue weighted by Crippen LogP contribution is 2.31. The van der Waals surface area contributed by atoms with E-state index in [-0.39, 0.29) is 17.5 Å². The minimum atomic E-state index is -0.596. The average molecular weight is 416 g/mol. The molecule has 3 amide bonds. The lowest BCUT2D eigenvalue weighted by Gasteiger charge is -2.32. The van der Waals surface area contributed by atoms with Gasteiger partial charge in [0.05, 0.1) is 11.4 Å². The van der Waals surface area contributed by atoms with Gasteiger partial charge in [-0.1, -0.05) is 12.1 Å². The molecule has 3 rings (SSSR count). The maximum atomic E-state index is 14.1. The fraction of sp³-hybridized carbons (Fsp3) is 0.300. The second kappa shape index (κ2) is 8.95. The van der Waals surface area contributed by atoms with E-state index in [9.17, 15) is 18.8 Å². The Labute approximate surface area is 171 Å². The van der Waals surface area contributed by atoms with E-state index in [0.29, 0.717) is 23.8 Å². The summed E-state index contributed by atoms with van der Waals surface area (Å²) >= 11 is 1.16. The maximum absolute atomic E-state index is 14.1. The molecule has 7 nitrogen and oxygen atoms in total. The van der Waals surface area contributed by atoms with E-state index >= 15 is 0 Å². The summed E-state index contributed by atoms with van der Waals surface area (Å²) in [5, 5.41) is 1.96. The summed E-state index contributed by atoms with van der Waals surface area (Å²) in [6.07, 6.45) is 5.08. The Hall–Kier alpha value is -3.07. The van der Waals surface area contributed by atoms with Gasteiger partial charge in [0.15, 0.2) is 5.13 Å². The number of primary amides is 1. The molecule has 1 aliphatic rings. The summed E-state index contributed by atoms with van der Waals surface area (Å²) < 4.78 is 14.1. The molecule has 1 aromatic carbocycles. The van der Waals surface area contributed by atoms with Crippen LogP contribution in [0.2, 0.25) is 0 Å². The molecule has 2 N–H and O–H groups in total. The van der Waals surface area contributed by atoms with Crippen LogP contribution in [0.5, 0.6) is 0 Å². The first-order valence-electron chi connectivity index (χ1n) is 9.17. The van der Waals surface area contributed by atoms with Crippen molar-refractivity contribution in [3.63, 3.8) is 0 Å². The number of rotatable bonds is 5. The number of likely N-dealkylation sites (tertiary alicyclic amines) is 1. The molecular formula is C20H21FN4O3S. The van der Waals surface area contributed by atoms with Crippen molar-refractivity contribution in [1.29, 1.82) is 0 Å². The highest BCUT2D eigenvalue weighted by atomic mass is 32.1. The van der Waals surface area contributed by atoms with E-state index in [1.54, 1.807) is 17.5 Å². The summed E-state index contributed by atoms with van der Waals surface area (Å²) in [4.78, 5) is 43.1. The molecule has 9 heteroatoms. The van der Waals surface area contributed by atoms with Crippen LogP contribution in [-0.4, -0.2) is 40.2 Å². The Morgan fingerprint density at radius 1 is 1.31 bits per heavy atom. The molecule has 0 saturated carbocycles.